The molecule has 0 spiro atoms. The van der Waals surface area contributed by atoms with Crippen molar-refractivity contribution >= 4 is 34.4 Å². The Hall–Kier alpha value is -2.02. The second kappa shape index (κ2) is 6.17. The average Bonchev–Trinajstić information content (AvgIpc) is 2.78. The highest BCUT2D eigenvalue weighted by Crippen LogP contribution is 2.34. The number of thioether (sulfide) groups is 1. The van der Waals surface area contributed by atoms with Crippen LogP contribution < -0.4 is 4.90 Å². The number of hydrogen-bond donors (Lipinski definition) is 1. The molecular weight excluding hydrogens is 294 g/mol. The Kier molecular flexibility index (Phi) is 4.52. The Bertz CT molecular complexity index is 601. The van der Waals surface area contributed by atoms with Gasteiger partial charge in [-0.1, -0.05) is 11.8 Å². The van der Waals surface area contributed by atoms with Crippen LogP contribution in [0.5, 0.6) is 5.75 Å². The van der Waals surface area contributed by atoms with E-state index in [-0.39, 0.29) is 39.7 Å². The molecule has 21 heavy (non-hydrogen) atoms. The lowest BCUT2D eigenvalue weighted by molar-refractivity contribution is -0.117. The molecule has 0 aromatic heterocycles. The number of carbonyl (C=O) groups excluding carboxylic acids is 3. The van der Waals surface area contributed by atoms with E-state index in [0.29, 0.717) is 6.54 Å². The van der Waals surface area contributed by atoms with Crippen molar-refractivity contribution in [3.05, 3.63) is 23.8 Å². The highest BCUT2D eigenvalue weighted by atomic mass is 32.2. The first-order chi connectivity index (χ1) is 9.92. The normalized spacial score (nSPS) is 17.9. The van der Waals surface area contributed by atoms with E-state index >= 15 is 0 Å². The average molecular weight is 309 g/mol. The molecule has 1 aliphatic heterocycles. The first kappa shape index (κ1) is 15.4. The molecule has 1 fully saturated rings. The predicted molar refractivity (Wildman–Crippen MR) is 78.5 cm³/mol. The summed E-state index contributed by atoms with van der Waals surface area (Å²) in [4.78, 5) is 36.1. The number of methoxy groups -OCH3 is 1. The van der Waals surface area contributed by atoms with E-state index in [0.717, 1.165) is 11.8 Å². The molecule has 1 unspecified atom stereocenters. The van der Waals surface area contributed by atoms with Gasteiger partial charge in [0.05, 0.1) is 18.4 Å². The summed E-state index contributed by atoms with van der Waals surface area (Å²) in [7, 11) is 1.26. The lowest BCUT2D eigenvalue weighted by atomic mass is 10.1. The number of phenolic OH excluding ortho intramolecular Hbond substituents is 1. The monoisotopic (exact) mass is 309 g/mol. The van der Waals surface area contributed by atoms with E-state index in [4.69, 9.17) is 0 Å². The minimum atomic E-state index is -0.544. The zero-order valence-corrected chi connectivity index (χ0v) is 12.5. The van der Waals surface area contributed by atoms with Crippen LogP contribution in [0.25, 0.3) is 0 Å². The highest BCUT2D eigenvalue weighted by Gasteiger charge is 2.33. The van der Waals surface area contributed by atoms with Gasteiger partial charge >= 0.3 is 5.97 Å². The fourth-order valence-electron chi connectivity index (χ4n) is 2.21. The molecular formula is C14H15NO5S. The fraction of sp³-hybridized carbons (Fsp3) is 0.357. The zero-order chi connectivity index (χ0) is 15.6. The van der Waals surface area contributed by atoms with Crippen molar-refractivity contribution in [1.82, 2.24) is 0 Å². The molecule has 1 aromatic rings. The van der Waals surface area contributed by atoms with Crippen LogP contribution >= 0.6 is 11.8 Å². The van der Waals surface area contributed by atoms with Crippen LogP contribution in [0, 0.1) is 0 Å². The third-order valence-corrected chi connectivity index (χ3v) is 4.09. The number of ether oxygens (including phenoxy) is 1. The number of carbonyl (C=O) groups is 3. The Balaban J connectivity index is 2.27. The highest BCUT2D eigenvalue weighted by molar-refractivity contribution is 8.14. The smallest absolute Gasteiger partial charge is 0.337 e. The Morgan fingerprint density at radius 2 is 2.14 bits per heavy atom. The van der Waals surface area contributed by atoms with Crippen LogP contribution in [0.15, 0.2) is 18.2 Å². The molecule has 1 N–H and O–H groups in total. The SMILES string of the molecule is COC(=O)c1ccc(O)c(N2CC(SC(C)=O)CC2=O)c1. The zero-order valence-electron chi connectivity index (χ0n) is 11.7. The maximum Gasteiger partial charge on any atom is 0.337 e. The van der Waals surface area contributed by atoms with Gasteiger partial charge in [0.15, 0.2) is 5.12 Å². The lowest BCUT2D eigenvalue weighted by Gasteiger charge is -2.18. The van der Waals surface area contributed by atoms with Crippen LogP contribution in [0.2, 0.25) is 0 Å². The van der Waals surface area contributed by atoms with Crippen LogP contribution in [-0.2, 0) is 14.3 Å². The number of rotatable bonds is 3. The van der Waals surface area contributed by atoms with Gasteiger partial charge in [-0.25, -0.2) is 4.79 Å². The third kappa shape index (κ3) is 3.36. The topological polar surface area (TPSA) is 83.9 Å². The van der Waals surface area contributed by atoms with Crippen LogP contribution in [0.3, 0.4) is 0 Å². The summed E-state index contributed by atoms with van der Waals surface area (Å²) >= 11 is 1.11. The molecule has 1 heterocycles. The van der Waals surface area contributed by atoms with Crippen molar-refractivity contribution in [3.8, 4) is 5.75 Å². The van der Waals surface area contributed by atoms with E-state index in [1.165, 1.54) is 37.1 Å². The fourth-order valence-corrected chi connectivity index (χ4v) is 3.12. The molecule has 1 aromatic carbocycles. The first-order valence-corrected chi connectivity index (χ1v) is 7.19. The second-order valence-electron chi connectivity index (χ2n) is 4.63. The van der Waals surface area contributed by atoms with E-state index < -0.39 is 5.97 Å². The van der Waals surface area contributed by atoms with Gasteiger partial charge in [0.25, 0.3) is 0 Å². The molecule has 1 saturated heterocycles. The van der Waals surface area contributed by atoms with Crippen molar-refractivity contribution in [2.45, 2.75) is 18.6 Å². The van der Waals surface area contributed by atoms with Crippen molar-refractivity contribution in [3.63, 3.8) is 0 Å². The first-order valence-electron chi connectivity index (χ1n) is 6.31. The van der Waals surface area contributed by atoms with Gasteiger partial charge in [-0.05, 0) is 18.2 Å². The summed E-state index contributed by atoms with van der Waals surface area (Å²) in [6, 6.07) is 4.19. The van der Waals surface area contributed by atoms with Crippen molar-refractivity contribution in [2.24, 2.45) is 0 Å². The molecule has 1 amide bonds. The molecule has 0 radical (unpaired) electrons. The minimum absolute atomic E-state index is 0.0535. The number of nitrogens with zero attached hydrogens (tertiary/aromatic N) is 1. The lowest BCUT2D eigenvalue weighted by Crippen LogP contribution is -2.25. The Labute approximate surface area is 126 Å². The number of amides is 1. The van der Waals surface area contributed by atoms with Gasteiger partial charge in [-0.2, -0.15) is 0 Å². The van der Waals surface area contributed by atoms with Crippen LogP contribution in [0.4, 0.5) is 5.69 Å². The Morgan fingerprint density at radius 3 is 2.76 bits per heavy atom. The van der Waals surface area contributed by atoms with Gasteiger partial charge in [0, 0.05) is 25.1 Å². The summed E-state index contributed by atoms with van der Waals surface area (Å²) in [5.41, 5.74) is 0.510. The molecule has 112 valence electrons. The number of esters is 1. The molecule has 0 saturated carbocycles. The number of benzene rings is 1. The molecule has 1 atom stereocenters. The van der Waals surface area contributed by atoms with E-state index in [1.54, 1.807) is 0 Å². The number of hydrogen-bond acceptors (Lipinski definition) is 6. The summed E-state index contributed by atoms with van der Waals surface area (Å²) in [6.07, 6.45) is 0.228. The summed E-state index contributed by atoms with van der Waals surface area (Å²) in [5.74, 6) is -0.826. The largest absolute Gasteiger partial charge is 0.506 e. The van der Waals surface area contributed by atoms with Gasteiger partial charge in [-0.15, -0.1) is 0 Å². The number of phenols is 1. The van der Waals surface area contributed by atoms with Gasteiger partial charge in [0.1, 0.15) is 5.75 Å². The molecule has 2 rings (SSSR count). The minimum Gasteiger partial charge on any atom is -0.506 e. The maximum atomic E-state index is 12.0. The van der Waals surface area contributed by atoms with Gasteiger partial charge in [0.2, 0.25) is 5.91 Å². The number of aromatic hydroxyl groups is 1. The second-order valence-corrected chi connectivity index (χ2v) is 6.11. The molecule has 0 aliphatic carbocycles. The van der Waals surface area contributed by atoms with Crippen LogP contribution in [0.1, 0.15) is 23.7 Å². The molecule has 0 bridgehead atoms. The van der Waals surface area contributed by atoms with Crippen LogP contribution in [-0.4, -0.2) is 41.0 Å². The van der Waals surface area contributed by atoms with Crippen molar-refractivity contribution in [1.29, 1.82) is 0 Å². The van der Waals surface area contributed by atoms with Crippen molar-refractivity contribution in [2.75, 3.05) is 18.6 Å². The summed E-state index contributed by atoms with van der Waals surface area (Å²) in [6.45, 7) is 1.77. The molecule has 7 heteroatoms. The van der Waals surface area contributed by atoms with E-state index in [2.05, 4.69) is 4.74 Å². The quantitative estimate of drug-likeness (QED) is 0.853. The molecule has 6 nitrogen and oxygen atoms in total. The van der Waals surface area contributed by atoms with E-state index in [9.17, 15) is 19.5 Å². The summed E-state index contributed by atoms with van der Waals surface area (Å²) < 4.78 is 4.62. The van der Waals surface area contributed by atoms with Crippen molar-refractivity contribution < 1.29 is 24.2 Å². The van der Waals surface area contributed by atoms with Gasteiger partial charge in [-0.3, -0.25) is 9.59 Å². The van der Waals surface area contributed by atoms with E-state index in [1.807, 2.05) is 0 Å². The maximum absolute atomic E-state index is 12.0. The third-order valence-electron chi connectivity index (χ3n) is 3.11. The molecule has 1 aliphatic rings. The predicted octanol–water partition coefficient (Wildman–Crippen LogP) is 1.56. The Morgan fingerprint density at radius 1 is 1.43 bits per heavy atom. The standard InChI is InChI=1S/C14H15NO5S/c1-8(16)21-10-6-13(18)15(7-10)11-5-9(14(19)20-2)3-4-12(11)17/h3-5,10,17H,6-7H2,1-2H3. The summed E-state index contributed by atoms with van der Waals surface area (Å²) in [5, 5.41) is 9.72. The number of anilines is 1. The van der Waals surface area contributed by atoms with Gasteiger partial charge < -0.3 is 14.7 Å².